The molecule has 0 fully saturated rings. The van der Waals surface area contributed by atoms with Crippen LogP contribution in [0.3, 0.4) is 0 Å². The molecule has 3 nitrogen and oxygen atoms in total. The van der Waals surface area contributed by atoms with E-state index in [4.69, 9.17) is 4.74 Å². The summed E-state index contributed by atoms with van der Waals surface area (Å²) in [7, 11) is 1.56. The van der Waals surface area contributed by atoms with Crippen LogP contribution < -0.4 is 10.1 Å². The van der Waals surface area contributed by atoms with Crippen LogP contribution in [0.4, 0.5) is 0 Å². The molecule has 2 aromatic carbocycles. The summed E-state index contributed by atoms with van der Waals surface area (Å²) in [6.45, 7) is 2.55. The molecule has 2 aromatic rings. The molecule has 0 atom stereocenters. The van der Waals surface area contributed by atoms with Crippen molar-refractivity contribution < 1.29 is 9.53 Å². The van der Waals surface area contributed by atoms with E-state index in [2.05, 4.69) is 11.4 Å². The molecule has 0 heterocycles. The smallest absolute Gasteiger partial charge is 0.255 e. The van der Waals surface area contributed by atoms with E-state index in [0.717, 1.165) is 5.56 Å². The van der Waals surface area contributed by atoms with Crippen LogP contribution in [0, 0.1) is 6.92 Å². The van der Waals surface area contributed by atoms with Crippen LogP contribution in [-0.2, 0) is 6.54 Å². The van der Waals surface area contributed by atoms with Crippen molar-refractivity contribution >= 4 is 5.91 Å². The third-order valence-electron chi connectivity index (χ3n) is 2.89. The summed E-state index contributed by atoms with van der Waals surface area (Å²) >= 11 is 0. The van der Waals surface area contributed by atoms with Gasteiger partial charge >= 0.3 is 0 Å². The minimum Gasteiger partial charge on any atom is -0.496 e. The first-order valence-corrected chi connectivity index (χ1v) is 6.17. The molecule has 0 unspecified atom stereocenters. The molecular formula is C16H17NO2. The lowest BCUT2D eigenvalue weighted by Gasteiger charge is -2.09. The lowest BCUT2D eigenvalue weighted by molar-refractivity contribution is 0.0948. The van der Waals surface area contributed by atoms with Gasteiger partial charge in [0.05, 0.1) is 12.7 Å². The molecule has 0 aromatic heterocycles. The lowest BCUT2D eigenvalue weighted by atomic mass is 10.1. The quantitative estimate of drug-likeness (QED) is 0.912. The number of benzene rings is 2. The molecule has 0 bridgehead atoms. The number of hydrogen-bond acceptors (Lipinski definition) is 2. The van der Waals surface area contributed by atoms with Gasteiger partial charge in [0.25, 0.3) is 5.91 Å². The molecule has 98 valence electrons. The highest BCUT2D eigenvalue weighted by Gasteiger charge is 2.10. The normalized spacial score (nSPS) is 10.0. The summed E-state index contributed by atoms with van der Waals surface area (Å²) in [5.41, 5.74) is 2.82. The van der Waals surface area contributed by atoms with Gasteiger partial charge in [-0.05, 0) is 24.6 Å². The summed E-state index contributed by atoms with van der Waals surface area (Å²) < 4.78 is 5.18. The van der Waals surface area contributed by atoms with Gasteiger partial charge in [0.2, 0.25) is 0 Å². The number of para-hydroxylation sites is 1. The van der Waals surface area contributed by atoms with E-state index in [9.17, 15) is 4.79 Å². The molecule has 0 radical (unpaired) electrons. The Morgan fingerprint density at radius 1 is 1.16 bits per heavy atom. The fourth-order valence-corrected chi connectivity index (χ4v) is 1.93. The highest BCUT2D eigenvalue weighted by Crippen LogP contribution is 2.17. The fourth-order valence-electron chi connectivity index (χ4n) is 1.93. The van der Waals surface area contributed by atoms with Gasteiger partial charge in [-0.3, -0.25) is 4.79 Å². The Kier molecular flexibility index (Phi) is 4.18. The number of methoxy groups -OCH3 is 1. The maximum Gasteiger partial charge on any atom is 0.255 e. The Labute approximate surface area is 113 Å². The van der Waals surface area contributed by atoms with Crippen LogP contribution in [0.25, 0.3) is 0 Å². The largest absolute Gasteiger partial charge is 0.496 e. The molecule has 1 N–H and O–H groups in total. The monoisotopic (exact) mass is 255 g/mol. The van der Waals surface area contributed by atoms with Crippen molar-refractivity contribution in [3.8, 4) is 5.75 Å². The standard InChI is InChI=1S/C16H17NO2/c1-12-6-5-7-13(10-12)11-17-16(18)14-8-3-4-9-15(14)19-2/h3-10H,11H2,1-2H3,(H,17,18). The van der Waals surface area contributed by atoms with Crippen molar-refractivity contribution in [3.05, 3.63) is 65.2 Å². The average Bonchev–Trinajstić information content (AvgIpc) is 2.45. The zero-order chi connectivity index (χ0) is 13.7. The first-order chi connectivity index (χ1) is 9.20. The van der Waals surface area contributed by atoms with E-state index in [1.807, 2.05) is 37.3 Å². The summed E-state index contributed by atoms with van der Waals surface area (Å²) in [5, 5.41) is 2.90. The highest BCUT2D eigenvalue weighted by atomic mass is 16.5. The number of rotatable bonds is 4. The van der Waals surface area contributed by atoms with Gasteiger partial charge in [0.1, 0.15) is 5.75 Å². The summed E-state index contributed by atoms with van der Waals surface area (Å²) in [6.07, 6.45) is 0. The van der Waals surface area contributed by atoms with Crippen LogP contribution >= 0.6 is 0 Å². The Hall–Kier alpha value is -2.29. The van der Waals surface area contributed by atoms with Gasteiger partial charge in [-0.1, -0.05) is 42.0 Å². The minimum atomic E-state index is -0.126. The Morgan fingerprint density at radius 3 is 2.68 bits per heavy atom. The van der Waals surface area contributed by atoms with E-state index in [1.165, 1.54) is 5.56 Å². The van der Waals surface area contributed by atoms with Crippen molar-refractivity contribution in [2.24, 2.45) is 0 Å². The van der Waals surface area contributed by atoms with Crippen LogP contribution in [-0.4, -0.2) is 13.0 Å². The van der Waals surface area contributed by atoms with Crippen LogP contribution in [0.1, 0.15) is 21.5 Å². The second-order valence-corrected chi connectivity index (χ2v) is 4.37. The highest BCUT2D eigenvalue weighted by molar-refractivity contribution is 5.96. The van der Waals surface area contributed by atoms with E-state index in [1.54, 1.807) is 19.2 Å². The topological polar surface area (TPSA) is 38.3 Å². The number of amides is 1. The number of carbonyl (C=O) groups excluding carboxylic acids is 1. The van der Waals surface area contributed by atoms with Crippen molar-refractivity contribution in [2.75, 3.05) is 7.11 Å². The zero-order valence-electron chi connectivity index (χ0n) is 11.1. The van der Waals surface area contributed by atoms with E-state index in [0.29, 0.717) is 17.9 Å². The van der Waals surface area contributed by atoms with Crippen molar-refractivity contribution in [3.63, 3.8) is 0 Å². The average molecular weight is 255 g/mol. The van der Waals surface area contributed by atoms with E-state index >= 15 is 0 Å². The molecule has 0 aliphatic heterocycles. The number of hydrogen-bond donors (Lipinski definition) is 1. The van der Waals surface area contributed by atoms with Gasteiger partial charge in [-0.2, -0.15) is 0 Å². The summed E-state index contributed by atoms with van der Waals surface area (Å²) in [4.78, 5) is 12.1. The zero-order valence-corrected chi connectivity index (χ0v) is 11.1. The third kappa shape index (κ3) is 3.35. The fraction of sp³-hybridized carbons (Fsp3) is 0.188. The second kappa shape index (κ2) is 6.05. The minimum absolute atomic E-state index is 0.126. The second-order valence-electron chi connectivity index (χ2n) is 4.37. The molecule has 0 saturated heterocycles. The molecule has 0 aliphatic carbocycles. The molecule has 3 heteroatoms. The summed E-state index contributed by atoms with van der Waals surface area (Å²) in [5.74, 6) is 0.461. The predicted octanol–water partition coefficient (Wildman–Crippen LogP) is 2.93. The Bertz CT molecular complexity index is 578. The van der Waals surface area contributed by atoms with E-state index < -0.39 is 0 Å². The van der Waals surface area contributed by atoms with Crippen molar-refractivity contribution in [2.45, 2.75) is 13.5 Å². The molecule has 0 aliphatic rings. The first kappa shape index (κ1) is 13.1. The molecule has 19 heavy (non-hydrogen) atoms. The molecule has 0 saturated carbocycles. The van der Waals surface area contributed by atoms with Gasteiger partial charge in [0, 0.05) is 6.54 Å². The van der Waals surface area contributed by atoms with Crippen LogP contribution in [0.15, 0.2) is 48.5 Å². The number of nitrogens with one attached hydrogen (secondary N) is 1. The Morgan fingerprint density at radius 2 is 1.95 bits per heavy atom. The Balaban J connectivity index is 2.05. The maximum absolute atomic E-state index is 12.1. The van der Waals surface area contributed by atoms with Gasteiger partial charge in [-0.25, -0.2) is 0 Å². The van der Waals surface area contributed by atoms with Crippen molar-refractivity contribution in [1.82, 2.24) is 5.32 Å². The number of ether oxygens (including phenoxy) is 1. The molecular weight excluding hydrogens is 238 g/mol. The van der Waals surface area contributed by atoms with Gasteiger partial charge in [-0.15, -0.1) is 0 Å². The van der Waals surface area contributed by atoms with Crippen LogP contribution in [0.2, 0.25) is 0 Å². The first-order valence-electron chi connectivity index (χ1n) is 6.17. The third-order valence-corrected chi connectivity index (χ3v) is 2.89. The SMILES string of the molecule is COc1ccccc1C(=O)NCc1cccc(C)c1. The number of carbonyl (C=O) groups is 1. The maximum atomic E-state index is 12.1. The van der Waals surface area contributed by atoms with Gasteiger partial charge in [0.15, 0.2) is 0 Å². The van der Waals surface area contributed by atoms with E-state index in [-0.39, 0.29) is 5.91 Å². The molecule has 1 amide bonds. The molecule has 0 spiro atoms. The number of aryl methyl sites for hydroxylation is 1. The lowest BCUT2D eigenvalue weighted by Crippen LogP contribution is -2.23. The van der Waals surface area contributed by atoms with Crippen molar-refractivity contribution in [1.29, 1.82) is 0 Å². The summed E-state index contributed by atoms with van der Waals surface area (Å²) in [6, 6.07) is 15.3. The van der Waals surface area contributed by atoms with Gasteiger partial charge < -0.3 is 10.1 Å². The molecule has 2 rings (SSSR count). The predicted molar refractivity (Wildman–Crippen MR) is 75.3 cm³/mol. The van der Waals surface area contributed by atoms with Crippen LogP contribution in [0.5, 0.6) is 5.75 Å².